The highest BCUT2D eigenvalue weighted by Gasteiger charge is 2.25. The molecule has 0 N–H and O–H groups in total. The fraction of sp³-hybridized carbons (Fsp3) is 0. The van der Waals surface area contributed by atoms with Crippen LogP contribution in [0.15, 0.2) is 174 Å². The maximum Gasteiger partial charge on any atom is 0.145 e. The summed E-state index contributed by atoms with van der Waals surface area (Å²) in [5, 5.41) is 9.50. The Morgan fingerprint density at radius 3 is 2.10 bits per heavy atom. The van der Waals surface area contributed by atoms with Crippen LogP contribution in [0.3, 0.4) is 0 Å². The van der Waals surface area contributed by atoms with E-state index in [1.165, 1.54) is 36.5 Å². The number of benzene rings is 8. The molecule has 0 aliphatic heterocycles. The lowest BCUT2D eigenvalue weighted by atomic mass is 10.0. The van der Waals surface area contributed by atoms with Gasteiger partial charge in [0, 0.05) is 58.5 Å². The Morgan fingerprint density at radius 1 is 0.480 bits per heavy atom. The van der Waals surface area contributed by atoms with E-state index in [1.54, 1.807) is 0 Å². The summed E-state index contributed by atoms with van der Waals surface area (Å²) in [4.78, 5) is 2.46. The van der Waals surface area contributed by atoms with Crippen LogP contribution in [0.25, 0.3) is 80.4 Å². The molecule has 50 heavy (non-hydrogen) atoms. The lowest BCUT2D eigenvalue weighted by Crippen LogP contribution is -2.12. The van der Waals surface area contributed by atoms with E-state index in [2.05, 4.69) is 173 Å². The highest BCUT2D eigenvalue weighted by molar-refractivity contribution is 7.25. The molecule has 0 radical (unpaired) electrons. The van der Waals surface area contributed by atoms with Gasteiger partial charge in [-0.1, -0.05) is 109 Å². The molecule has 0 fully saturated rings. The van der Waals surface area contributed by atoms with E-state index in [1.807, 2.05) is 17.4 Å². The van der Waals surface area contributed by atoms with E-state index < -0.39 is 0 Å². The zero-order chi connectivity index (χ0) is 32.8. The molecule has 0 aliphatic rings. The monoisotopic (exact) mass is 656 g/mol. The van der Waals surface area contributed by atoms with Gasteiger partial charge in [0.25, 0.3) is 0 Å². The van der Waals surface area contributed by atoms with Gasteiger partial charge in [0.1, 0.15) is 11.2 Å². The van der Waals surface area contributed by atoms with Crippen molar-refractivity contribution in [3.05, 3.63) is 170 Å². The summed E-state index contributed by atoms with van der Waals surface area (Å²) in [6, 6.07) is 61.3. The summed E-state index contributed by atoms with van der Waals surface area (Å²) in [5.41, 5.74) is 8.54. The standard InChI is InChI=1S/C46H28N2OS/c1-2-13-30(14-3-1)48-38-19-7-4-15-32(38)36-18-11-21-40(45(36)48)47(31-25-27-35-34-17-6-9-23-42(34)50-43(35)28-31)39-20-10-12-29-24-26-37-33-16-5-8-22-41(33)49-46(37)44(29)39/h1-28H. The second-order valence-electron chi connectivity index (χ2n) is 12.9. The minimum Gasteiger partial charge on any atom is -0.455 e. The summed E-state index contributed by atoms with van der Waals surface area (Å²) < 4.78 is 11.7. The number of hydrogen-bond acceptors (Lipinski definition) is 3. The molecule has 0 saturated heterocycles. The first-order valence-corrected chi connectivity index (χ1v) is 17.8. The van der Waals surface area contributed by atoms with Gasteiger partial charge in [-0.15, -0.1) is 11.3 Å². The quantitative estimate of drug-likeness (QED) is 0.188. The van der Waals surface area contributed by atoms with E-state index in [4.69, 9.17) is 4.42 Å². The first-order chi connectivity index (χ1) is 24.8. The van der Waals surface area contributed by atoms with Gasteiger partial charge in [-0.25, -0.2) is 0 Å². The fourth-order valence-corrected chi connectivity index (χ4v) is 9.15. The smallest absolute Gasteiger partial charge is 0.145 e. The number of hydrogen-bond donors (Lipinski definition) is 0. The van der Waals surface area contributed by atoms with Crippen LogP contribution in [0.1, 0.15) is 0 Å². The van der Waals surface area contributed by atoms with E-state index in [9.17, 15) is 0 Å². The molecule has 0 amide bonds. The molecular formula is C46H28N2OS. The van der Waals surface area contributed by atoms with Crippen molar-refractivity contribution in [1.82, 2.24) is 4.57 Å². The van der Waals surface area contributed by atoms with Crippen LogP contribution in [0.2, 0.25) is 0 Å². The average Bonchev–Trinajstić information content (AvgIpc) is 3.85. The van der Waals surface area contributed by atoms with Crippen molar-refractivity contribution < 1.29 is 4.42 Å². The Bertz CT molecular complexity index is 3110. The highest BCUT2D eigenvalue weighted by Crippen LogP contribution is 2.48. The lowest BCUT2D eigenvalue weighted by Gasteiger charge is -2.28. The third-order valence-corrected chi connectivity index (χ3v) is 11.3. The topological polar surface area (TPSA) is 21.3 Å². The van der Waals surface area contributed by atoms with Crippen molar-refractivity contribution in [3.63, 3.8) is 0 Å². The van der Waals surface area contributed by atoms with Crippen molar-refractivity contribution in [3.8, 4) is 5.69 Å². The van der Waals surface area contributed by atoms with Gasteiger partial charge < -0.3 is 13.9 Å². The van der Waals surface area contributed by atoms with Crippen LogP contribution >= 0.6 is 11.3 Å². The predicted molar refractivity (Wildman–Crippen MR) is 213 cm³/mol. The minimum atomic E-state index is 0.898. The molecule has 0 unspecified atom stereocenters. The molecule has 11 rings (SSSR count). The van der Waals surface area contributed by atoms with Crippen molar-refractivity contribution in [2.75, 3.05) is 4.90 Å². The van der Waals surface area contributed by atoms with Crippen LogP contribution in [-0.2, 0) is 0 Å². The molecule has 0 aliphatic carbocycles. The molecular weight excluding hydrogens is 629 g/mol. The second-order valence-corrected chi connectivity index (χ2v) is 14.0. The minimum absolute atomic E-state index is 0.898. The van der Waals surface area contributed by atoms with Crippen LogP contribution in [0.5, 0.6) is 0 Å². The van der Waals surface area contributed by atoms with Crippen LogP contribution in [0, 0.1) is 0 Å². The number of rotatable bonds is 4. The molecule has 0 bridgehead atoms. The summed E-state index contributed by atoms with van der Waals surface area (Å²) in [6.07, 6.45) is 0. The van der Waals surface area contributed by atoms with Crippen molar-refractivity contribution in [2.24, 2.45) is 0 Å². The molecule has 0 atom stereocenters. The van der Waals surface area contributed by atoms with Crippen molar-refractivity contribution in [1.29, 1.82) is 0 Å². The maximum atomic E-state index is 6.74. The second kappa shape index (κ2) is 10.6. The van der Waals surface area contributed by atoms with Gasteiger partial charge in [0.2, 0.25) is 0 Å². The normalized spacial score (nSPS) is 12.0. The first-order valence-electron chi connectivity index (χ1n) is 16.9. The molecule has 4 heteroatoms. The Hall–Kier alpha value is -6.36. The van der Waals surface area contributed by atoms with Gasteiger partial charge in [0.15, 0.2) is 0 Å². The predicted octanol–water partition coefficient (Wildman–Crippen LogP) is 13.7. The summed E-state index contributed by atoms with van der Waals surface area (Å²) >= 11 is 1.85. The van der Waals surface area contributed by atoms with Crippen molar-refractivity contribution in [2.45, 2.75) is 0 Å². The molecule has 0 spiro atoms. The van der Waals surface area contributed by atoms with Gasteiger partial charge in [-0.05, 0) is 66.0 Å². The maximum absolute atomic E-state index is 6.74. The number of furan rings is 1. The zero-order valence-electron chi connectivity index (χ0n) is 26.9. The SMILES string of the molecule is c1ccc(-n2c3ccccc3c3cccc(N(c4ccc5c(c4)sc4ccccc45)c4cccc5ccc6c7ccccc7oc6c45)c32)cc1. The Labute approximate surface area is 291 Å². The van der Waals surface area contributed by atoms with E-state index in [0.717, 1.165) is 61.0 Å². The fourth-order valence-electron chi connectivity index (χ4n) is 8.01. The molecule has 3 nitrogen and oxygen atoms in total. The van der Waals surface area contributed by atoms with Gasteiger partial charge in [-0.3, -0.25) is 0 Å². The molecule has 3 heterocycles. The lowest BCUT2D eigenvalue weighted by molar-refractivity contribution is 0.672. The van der Waals surface area contributed by atoms with Gasteiger partial charge in [0.05, 0.1) is 22.4 Å². The number of aromatic nitrogens is 1. The Kier molecular flexibility index (Phi) is 5.83. The van der Waals surface area contributed by atoms with E-state index in [0.29, 0.717) is 0 Å². The number of thiophene rings is 1. The van der Waals surface area contributed by atoms with Gasteiger partial charge >= 0.3 is 0 Å². The Balaban J connectivity index is 1.30. The zero-order valence-corrected chi connectivity index (χ0v) is 27.7. The van der Waals surface area contributed by atoms with Crippen LogP contribution < -0.4 is 4.90 Å². The van der Waals surface area contributed by atoms with Gasteiger partial charge in [-0.2, -0.15) is 0 Å². The van der Waals surface area contributed by atoms with Crippen LogP contribution in [-0.4, -0.2) is 4.57 Å². The Morgan fingerprint density at radius 2 is 1.18 bits per heavy atom. The average molecular weight is 657 g/mol. The highest BCUT2D eigenvalue weighted by atomic mass is 32.1. The molecule has 8 aromatic carbocycles. The third kappa shape index (κ3) is 3.91. The van der Waals surface area contributed by atoms with Crippen molar-refractivity contribution >= 4 is 103 Å². The summed E-state index contributed by atoms with van der Waals surface area (Å²) in [6.45, 7) is 0. The summed E-state index contributed by atoms with van der Waals surface area (Å²) in [7, 11) is 0. The third-order valence-electron chi connectivity index (χ3n) is 10.2. The molecule has 3 aromatic heterocycles. The largest absolute Gasteiger partial charge is 0.455 e. The summed E-state index contributed by atoms with van der Waals surface area (Å²) in [5.74, 6) is 0. The number of fused-ring (bicyclic) bond motifs is 11. The first kappa shape index (κ1) is 27.6. The molecule has 11 aromatic rings. The number of para-hydroxylation sites is 4. The van der Waals surface area contributed by atoms with Crippen LogP contribution in [0.4, 0.5) is 17.1 Å². The number of anilines is 3. The molecule has 0 saturated carbocycles. The molecule has 234 valence electrons. The number of nitrogens with zero attached hydrogens (tertiary/aromatic N) is 2. The van der Waals surface area contributed by atoms with E-state index in [-0.39, 0.29) is 0 Å². The van der Waals surface area contributed by atoms with E-state index >= 15 is 0 Å².